The number of benzene rings is 3. The number of aromatic nitrogens is 1. The molecule has 0 bridgehead atoms. The Balaban J connectivity index is 1.62. The second kappa shape index (κ2) is 6.94. The van der Waals surface area contributed by atoms with Gasteiger partial charge in [0.15, 0.2) is 0 Å². The first kappa shape index (κ1) is 16.7. The average molecular weight is 383 g/mol. The van der Waals surface area contributed by atoms with Gasteiger partial charge >= 0.3 is 0 Å². The van der Waals surface area contributed by atoms with Gasteiger partial charge in [-0.15, -0.1) is 0 Å². The Bertz CT molecular complexity index is 1320. The highest BCUT2D eigenvalue weighted by Gasteiger charge is 2.06. The number of para-hydroxylation sites is 2. The summed E-state index contributed by atoms with van der Waals surface area (Å²) in [5.41, 5.74) is 7.12. The van der Waals surface area contributed by atoms with E-state index in [2.05, 4.69) is 52.8 Å². The van der Waals surface area contributed by atoms with Crippen molar-refractivity contribution in [2.45, 2.75) is 6.92 Å². The molecule has 0 saturated carbocycles. The predicted molar refractivity (Wildman–Crippen MR) is 115 cm³/mol. The molecule has 0 aliphatic rings. The molecule has 1 N–H and O–H groups in total. The molecule has 0 aliphatic heterocycles. The van der Waals surface area contributed by atoms with Crippen molar-refractivity contribution in [1.29, 1.82) is 0 Å². The minimum atomic E-state index is 0.767. The molecule has 5 heteroatoms. The van der Waals surface area contributed by atoms with Gasteiger partial charge in [0, 0.05) is 17.0 Å². The van der Waals surface area contributed by atoms with Gasteiger partial charge in [-0.25, -0.2) is 4.98 Å². The molecule has 136 valence electrons. The molecule has 0 aliphatic carbocycles. The van der Waals surface area contributed by atoms with Crippen molar-refractivity contribution in [1.82, 2.24) is 4.98 Å². The van der Waals surface area contributed by atoms with Crippen LogP contribution in [0.2, 0.25) is 0 Å². The molecule has 0 amide bonds. The molecule has 0 radical (unpaired) electrons. The van der Waals surface area contributed by atoms with Crippen molar-refractivity contribution in [3.63, 3.8) is 0 Å². The van der Waals surface area contributed by atoms with Crippen LogP contribution in [0.3, 0.4) is 0 Å². The average Bonchev–Trinajstić information content (AvgIpc) is 3.15. The van der Waals surface area contributed by atoms with E-state index in [-0.39, 0.29) is 0 Å². The Morgan fingerprint density at radius 3 is 2.57 bits per heavy atom. The number of nitrogens with one attached hydrogen (secondary N) is 1. The number of thiazole rings is 1. The third-order valence-corrected chi connectivity index (χ3v) is 5.49. The quantitative estimate of drug-likeness (QED) is 0.392. The molecular weight excluding hydrogens is 366 g/mol. The van der Waals surface area contributed by atoms with E-state index in [1.165, 1.54) is 5.56 Å². The molecule has 0 spiro atoms. The SMILES string of the molecule is Cc1ccc(-c2cc(=NNc3nc4ccccc4s3)c3ccccc3o2)cc1. The third kappa shape index (κ3) is 3.17. The molecule has 3 aromatic carbocycles. The number of nitrogens with zero attached hydrogens (tertiary/aromatic N) is 2. The minimum absolute atomic E-state index is 0.767. The van der Waals surface area contributed by atoms with E-state index in [9.17, 15) is 0 Å². The van der Waals surface area contributed by atoms with Gasteiger partial charge in [-0.1, -0.05) is 65.4 Å². The van der Waals surface area contributed by atoms with Gasteiger partial charge < -0.3 is 4.42 Å². The number of hydrogen-bond acceptors (Lipinski definition) is 5. The maximum absolute atomic E-state index is 6.13. The fourth-order valence-corrected chi connectivity index (χ4v) is 3.91. The lowest BCUT2D eigenvalue weighted by Gasteiger charge is -2.05. The molecular formula is C23H17N3OS. The van der Waals surface area contributed by atoms with Crippen LogP contribution in [0.5, 0.6) is 0 Å². The molecule has 5 aromatic rings. The zero-order valence-corrected chi connectivity index (χ0v) is 16.0. The summed E-state index contributed by atoms with van der Waals surface area (Å²) >= 11 is 1.58. The highest BCUT2D eigenvalue weighted by molar-refractivity contribution is 7.22. The largest absolute Gasteiger partial charge is 0.456 e. The molecule has 0 fully saturated rings. The molecule has 5 rings (SSSR count). The van der Waals surface area contributed by atoms with Crippen LogP contribution < -0.4 is 10.8 Å². The monoisotopic (exact) mass is 383 g/mol. The zero-order chi connectivity index (χ0) is 18.9. The summed E-state index contributed by atoms with van der Waals surface area (Å²) < 4.78 is 7.26. The summed E-state index contributed by atoms with van der Waals surface area (Å²) in [6, 6.07) is 26.2. The summed E-state index contributed by atoms with van der Waals surface area (Å²) in [5, 5.41) is 7.18. The molecule has 28 heavy (non-hydrogen) atoms. The van der Waals surface area contributed by atoms with Gasteiger partial charge in [-0.05, 0) is 31.2 Å². The van der Waals surface area contributed by atoms with Gasteiger partial charge in [0.2, 0.25) is 5.13 Å². The third-order valence-electron chi connectivity index (χ3n) is 4.55. The molecule has 0 unspecified atom stereocenters. The van der Waals surface area contributed by atoms with E-state index in [4.69, 9.17) is 4.42 Å². The van der Waals surface area contributed by atoms with Crippen LogP contribution in [0.15, 0.2) is 88.4 Å². The number of hydrogen-bond donors (Lipinski definition) is 1. The van der Waals surface area contributed by atoms with Crippen LogP contribution in [0.4, 0.5) is 5.13 Å². The minimum Gasteiger partial charge on any atom is -0.456 e. The Labute approximate surface area is 165 Å². The van der Waals surface area contributed by atoms with Crippen molar-refractivity contribution in [2.75, 3.05) is 5.43 Å². The lowest BCUT2D eigenvalue weighted by atomic mass is 10.1. The summed E-state index contributed by atoms with van der Waals surface area (Å²) in [5.74, 6) is 0.781. The maximum Gasteiger partial charge on any atom is 0.204 e. The number of anilines is 1. The molecule has 2 heterocycles. The van der Waals surface area contributed by atoms with Crippen molar-refractivity contribution >= 4 is 37.7 Å². The van der Waals surface area contributed by atoms with E-state index in [0.717, 1.165) is 43.0 Å². The van der Waals surface area contributed by atoms with Crippen LogP contribution in [0, 0.1) is 6.92 Å². The predicted octanol–water partition coefficient (Wildman–Crippen LogP) is 5.95. The summed E-state index contributed by atoms with van der Waals surface area (Å²) in [4.78, 5) is 4.59. The first-order valence-electron chi connectivity index (χ1n) is 9.01. The lowest BCUT2D eigenvalue weighted by Crippen LogP contribution is -2.07. The summed E-state index contributed by atoms with van der Waals surface area (Å²) in [6.07, 6.45) is 0. The van der Waals surface area contributed by atoms with E-state index >= 15 is 0 Å². The fourth-order valence-electron chi connectivity index (χ4n) is 3.10. The Morgan fingerprint density at radius 2 is 1.71 bits per heavy atom. The Hall–Kier alpha value is -3.44. The van der Waals surface area contributed by atoms with Gasteiger partial charge in [0.1, 0.15) is 11.3 Å². The van der Waals surface area contributed by atoms with Crippen LogP contribution >= 0.6 is 11.3 Å². The normalized spacial score (nSPS) is 12.0. The van der Waals surface area contributed by atoms with Crippen LogP contribution in [-0.2, 0) is 0 Å². The molecule has 2 aromatic heterocycles. The van der Waals surface area contributed by atoms with E-state index in [1.54, 1.807) is 11.3 Å². The Morgan fingerprint density at radius 1 is 0.929 bits per heavy atom. The van der Waals surface area contributed by atoms with Gasteiger partial charge in [-0.2, -0.15) is 5.10 Å². The van der Waals surface area contributed by atoms with Crippen molar-refractivity contribution in [2.24, 2.45) is 5.10 Å². The van der Waals surface area contributed by atoms with E-state index in [1.807, 2.05) is 48.5 Å². The number of rotatable bonds is 3. The van der Waals surface area contributed by atoms with Crippen LogP contribution in [-0.4, -0.2) is 4.98 Å². The van der Waals surface area contributed by atoms with Crippen LogP contribution in [0.1, 0.15) is 5.56 Å². The Kier molecular flexibility index (Phi) is 4.14. The van der Waals surface area contributed by atoms with E-state index < -0.39 is 0 Å². The summed E-state index contributed by atoms with van der Waals surface area (Å²) in [7, 11) is 0. The topological polar surface area (TPSA) is 50.4 Å². The first-order valence-corrected chi connectivity index (χ1v) is 9.83. The van der Waals surface area contributed by atoms with Gasteiger partial charge in [0.25, 0.3) is 0 Å². The van der Waals surface area contributed by atoms with E-state index in [0.29, 0.717) is 0 Å². The zero-order valence-electron chi connectivity index (χ0n) is 15.2. The molecule has 4 nitrogen and oxygen atoms in total. The summed E-state index contributed by atoms with van der Waals surface area (Å²) in [6.45, 7) is 2.07. The lowest BCUT2D eigenvalue weighted by molar-refractivity contribution is 0.618. The smallest absolute Gasteiger partial charge is 0.204 e. The van der Waals surface area contributed by atoms with Gasteiger partial charge in [-0.3, -0.25) is 5.43 Å². The highest BCUT2D eigenvalue weighted by atomic mass is 32.1. The van der Waals surface area contributed by atoms with Crippen molar-refractivity contribution < 1.29 is 4.42 Å². The second-order valence-corrected chi connectivity index (χ2v) is 7.60. The van der Waals surface area contributed by atoms with Crippen LogP contribution in [0.25, 0.3) is 32.5 Å². The van der Waals surface area contributed by atoms with Crippen molar-refractivity contribution in [3.8, 4) is 11.3 Å². The fraction of sp³-hybridized carbons (Fsp3) is 0.0435. The van der Waals surface area contributed by atoms with Gasteiger partial charge in [0.05, 0.1) is 15.6 Å². The number of aryl methyl sites for hydroxylation is 1. The first-order chi connectivity index (χ1) is 13.8. The highest BCUT2D eigenvalue weighted by Crippen LogP contribution is 2.26. The molecule has 0 saturated heterocycles. The number of fused-ring (bicyclic) bond motifs is 2. The maximum atomic E-state index is 6.13. The standard InChI is InChI=1S/C23H17N3OS/c1-15-10-12-16(13-11-15)21-14-19(17-6-2-4-8-20(17)27-21)25-26-23-24-18-7-3-5-9-22(18)28-23/h2-14H,1H3,(H,24,26). The van der Waals surface area contributed by atoms with Crippen molar-refractivity contribution in [3.05, 3.63) is 89.8 Å². The second-order valence-electron chi connectivity index (χ2n) is 6.57. The molecule has 0 atom stereocenters.